The van der Waals surface area contributed by atoms with Gasteiger partial charge in [-0.3, -0.25) is 10.1 Å². The molecular formula is C15H20N4O2. The van der Waals surface area contributed by atoms with E-state index < -0.39 is 4.92 Å². The number of hydrogen-bond donors (Lipinski definition) is 2. The molecule has 6 nitrogen and oxygen atoms in total. The molecule has 1 aromatic carbocycles. The highest BCUT2D eigenvalue weighted by Gasteiger charge is 2.23. The Bertz CT molecular complexity index is 547. The molecule has 3 N–H and O–H groups in total. The first kappa shape index (κ1) is 15.3. The summed E-state index contributed by atoms with van der Waals surface area (Å²) >= 11 is 0. The standard InChI is InChI=1S/C15H20N4O2/c16-9-12-6-7-13(8-15(12)19(20)21)18-14(10-17)11-4-2-1-3-5-11/h6-8,11,14,18H,1-5,10,17H2. The summed E-state index contributed by atoms with van der Waals surface area (Å²) in [6, 6.07) is 6.57. The van der Waals surface area contributed by atoms with Crippen molar-refractivity contribution in [2.45, 2.75) is 38.1 Å². The van der Waals surface area contributed by atoms with Gasteiger partial charge in [0.05, 0.1) is 4.92 Å². The van der Waals surface area contributed by atoms with Crippen LogP contribution in [0.25, 0.3) is 0 Å². The van der Waals surface area contributed by atoms with E-state index in [1.165, 1.54) is 31.4 Å². The molecule has 21 heavy (non-hydrogen) atoms. The molecule has 112 valence electrons. The van der Waals surface area contributed by atoms with Crippen LogP contribution in [-0.2, 0) is 0 Å². The predicted octanol–water partition coefficient (Wildman–Crippen LogP) is 2.79. The van der Waals surface area contributed by atoms with Gasteiger partial charge in [-0.15, -0.1) is 0 Å². The number of nitro groups is 1. The molecule has 0 aliphatic heterocycles. The Hall–Kier alpha value is -2.13. The van der Waals surface area contributed by atoms with E-state index in [0.29, 0.717) is 18.2 Å². The molecule has 0 heterocycles. The second-order valence-corrected chi connectivity index (χ2v) is 5.49. The maximum Gasteiger partial charge on any atom is 0.289 e. The molecule has 1 aliphatic rings. The van der Waals surface area contributed by atoms with Gasteiger partial charge < -0.3 is 11.1 Å². The highest BCUT2D eigenvalue weighted by atomic mass is 16.6. The number of hydrogen-bond acceptors (Lipinski definition) is 5. The first-order valence-corrected chi connectivity index (χ1v) is 7.31. The quantitative estimate of drug-likeness (QED) is 0.640. The summed E-state index contributed by atoms with van der Waals surface area (Å²) in [6.45, 7) is 0.498. The highest BCUT2D eigenvalue weighted by Crippen LogP contribution is 2.29. The van der Waals surface area contributed by atoms with Crippen LogP contribution in [0, 0.1) is 27.4 Å². The molecule has 0 bridgehead atoms. The lowest BCUT2D eigenvalue weighted by molar-refractivity contribution is -0.385. The number of nitrogens with two attached hydrogens (primary N) is 1. The molecule has 1 fully saturated rings. The van der Waals surface area contributed by atoms with Crippen molar-refractivity contribution >= 4 is 11.4 Å². The molecule has 0 spiro atoms. The van der Waals surface area contributed by atoms with E-state index in [-0.39, 0.29) is 17.3 Å². The van der Waals surface area contributed by atoms with Gasteiger partial charge in [0.15, 0.2) is 0 Å². The van der Waals surface area contributed by atoms with Crippen molar-refractivity contribution in [3.05, 3.63) is 33.9 Å². The molecule has 0 radical (unpaired) electrons. The Morgan fingerprint density at radius 1 is 1.43 bits per heavy atom. The fourth-order valence-corrected chi connectivity index (χ4v) is 2.99. The van der Waals surface area contributed by atoms with E-state index in [2.05, 4.69) is 5.32 Å². The second-order valence-electron chi connectivity index (χ2n) is 5.49. The van der Waals surface area contributed by atoms with Crippen LogP contribution in [0.5, 0.6) is 0 Å². The zero-order chi connectivity index (χ0) is 15.2. The minimum Gasteiger partial charge on any atom is -0.381 e. The van der Waals surface area contributed by atoms with E-state index in [9.17, 15) is 10.1 Å². The lowest BCUT2D eigenvalue weighted by Gasteiger charge is -2.30. The van der Waals surface area contributed by atoms with Gasteiger partial charge in [-0.25, -0.2) is 0 Å². The molecule has 6 heteroatoms. The average Bonchev–Trinajstić information content (AvgIpc) is 2.53. The number of nitro benzene ring substituents is 1. The number of nitrogens with one attached hydrogen (secondary N) is 1. The molecule has 1 atom stereocenters. The summed E-state index contributed by atoms with van der Waals surface area (Å²) in [7, 11) is 0. The summed E-state index contributed by atoms with van der Waals surface area (Å²) in [5, 5.41) is 23.2. The van der Waals surface area contributed by atoms with Crippen LogP contribution in [0.4, 0.5) is 11.4 Å². The largest absolute Gasteiger partial charge is 0.381 e. The Kier molecular flexibility index (Phi) is 5.12. The predicted molar refractivity (Wildman–Crippen MR) is 80.9 cm³/mol. The lowest BCUT2D eigenvalue weighted by Crippen LogP contribution is -2.37. The van der Waals surface area contributed by atoms with Crippen molar-refractivity contribution < 1.29 is 4.92 Å². The monoisotopic (exact) mass is 288 g/mol. The van der Waals surface area contributed by atoms with Gasteiger partial charge in [-0.1, -0.05) is 19.3 Å². The third-order valence-corrected chi connectivity index (χ3v) is 4.14. The molecule has 0 saturated heterocycles. The summed E-state index contributed by atoms with van der Waals surface area (Å²) in [6.07, 6.45) is 6.00. The SMILES string of the molecule is N#Cc1ccc(NC(CN)C2CCCCC2)cc1[N+](=O)[O-]. The van der Waals surface area contributed by atoms with Gasteiger partial charge >= 0.3 is 0 Å². The lowest BCUT2D eigenvalue weighted by atomic mass is 9.84. The van der Waals surface area contributed by atoms with Gasteiger partial charge in [-0.2, -0.15) is 5.26 Å². The van der Waals surface area contributed by atoms with Gasteiger partial charge in [0.2, 0.25) is 0 Å². The van der Waals surface area contributed by atoms with Crippen molar-refractivity contribution in [2.24, 2.45) is 11.7 Å². The Labute approximate surface area is 124 Å². The van der Waals surface area contributed by atoms with E-state index in [4.69, 9.17) is 11.0 Å². The molecule has 1 saturated carbocycles. The van der Waals surface area contributed by atoms with Crippen molar-refractivity contribution in [2.75, 3.05) is 11.9 Å². The van der Waals surface area contributed by atoms with Gasteiger partial charge in [0.25, 0.3) is 5.69 Å². The van der Waals surface area contributed by atoms with E-state index in [1.54, 1.807) is 6.07 Å². The van der Waals surface area contributed by atoms with Crippen LogP contribution < -0.4 is 11.1 Å². The molecule has 1 aliphatic carbocycles. The summed E-state index contributed by atoms with van der Waals surface area (Å²) < 4.78 is 0. The van der Waals surface area contributed by atoms with E-state index in [1.807, 2.05) is 6.07 Å². The Morgan fingerprint density at radius 2 is 2.14 bits per heavy atom. The molecule has 0 amide bonds. The van der Waals surface area contributed by atoms with Crippen LogP contribution in [0.2, 0.25) is 0 Å². The third kappa shape index (κ3) is 3.70. The fraction of sp³-hybridized carbons (Fsp3) is 0.533. The summed E-state index contributed by atoms with van der Waals surface area (Å²) in [4.78, 5) is 10.5. The van der Waals surface area contributed by atoms with E-state index in [0.717, 1.165) is 12.8 Å². The van der Waals surface area contributed by atoms with E-state index >= 15 is 0 Å². The minimum atomic E-state index is -0.526. The number of benzene rings is 1. The number of nitrogens with zero attached hydrogens (tertiary/aromatic N) is 2. The number of anilines is 1. The molecular weight excluding hydrogens is 268 g/mol. The fourth-order valence-electron chi connectivity index (χ4n) is 2.99. The van der Waals surface area contributed by atoms with Gasteiger partial charge in [-0.05, 0) is 30.9 Å². The first-order valence-electron chi connectivity index (χ1n) is 7.31. The number of rotatable bonds is 5. The smallest absolute Gasteiger partial charge is 0.289 e. The maximum atomic E-state index is 11.0. The van der Waals surface area contributed by atoms with Crippen LogP contribution in [0.1, 0.15) is 37.7 Å². The average molecular weight is 288 g/mol. The molecule has 2 rings (SSSR count). The van der Waals surface area contributed by atoms with Crippen molar-refractivity contribution in [3.8, 4) is 6.07 Å². The normalized spacial score (nSPS) is 17.0. The second kappa shape index (κ2) is 7.04. The maximum absolute atomic E-state index is 11.0. The summed E-state index contributed by atoms with van der Waals surface area (Å²) in [5.74, 6) is 0.512. The summed E-state index contributed by atoms with van der Waals surface area (Å²) in [5.41, 5.74) is 6.42. The number of nitriles is 1. The zero-order valence-corrected chi connectivity index (χ0v) is 11.9. The topological polar surface area (TPSA) is 105 Å². The van der Waals surface area contributed by atoms with Gasteiger partial charge in [0.1, 0.15) is 11.6 Å². The first-order chi connectivity index (χ1) is 10.2. The molecule has 1 aromatic rings. The third-order valence-electron chi connectivity index (χ3n) is 4.14. The van der Waals surface area contributed by atoms with Crippen LogP contribution in [0.15, 0.2) is 18.2 Å². The van der Waals surface area contributed by atoms with Crippen molar-refractivity contribution in [1.82, 2.24) is 0 Å². The Morgan fingerprint density at radius 3 is 2.71 bits per heavy atom. The molecule has 0 aromatic heterocycles. The van der Waals surface area contributed by atoms with Crippen LogP contribution in [-0.4, -0.2) is 17.5 Å². The Balaban J connectivity index is 2.15. The van der Waals surface area contributed by atoms with Crippen LogP contribution in [0.3, 0.4) is 0 Å². The molecule has 1 unspecified atom stereocenters. The van der Waals surface area contributed by atoms with Crippen molar-refractivity contribution in [1.29, 1.82) is 5.26 Å². The van der Waals surface area contributed by atoms with Crippen LogP contribution >= 0.6 is 0 Å². The highest BCUT2D eigenvalue weighted by molar-refractivity contribution is 5.59. The van der Waals surface area contributed by atoms with Crippen molar-refractivity contribution in [3.63, 3.8) is 0 Å². The van der Waals surface area contributed by atoms with Gasteiger partial charge in [0, 0.05) is 24.3 Å². The zero-order valence-electron chi connectivity index (χ0n) is 11.9. The minimum absolute atomic E-state index is 0.0764.